The second kappa shape index (κ2) is 9.34. The molecular weight excluding hydrogens is 438 g/mol. The minimum absolute atomic E-state index is 0.0448. The van der Waals surface area contributed by atoms with E-state index in [0.717, 1.165) is 17.7 Å². The van der Waals surface area contributed by atoms with Crippen LogP contribution in [-0.4, -0.2) is 64.0 Å². The summed E-state index contributed by atoms with van der Waals surface area (Å²) in [5, 5.41) is 1.50. The summed E-state index contributed by atoms with van der Waals surface area (Å²) in [4.78, 5) is 59.2. The lowest BCUT2D eigenvalue weighted by Crippen LogP contribution is -2.42. The topological polar surface area (TPSA) is 135 Å². The van der Waals surface area contributed by atoms with Crippen molar-refractivity contribution in [3.63, 3.8) is 0 Å². The van der Waals surface area contributed by atoms with Crippen LogP contribution in [0.25, 0.3) is 0 Å². The number of rotatable bonds is 5. The lowest BCUT2D eigenvalue weighted by atomic mass is 9.95. The third kappa shape index (κ3) is 4.30. The molecule has 3 fully saturated rings. The molecule has 34 heavy (non-hydrogen) atoms. The predicted molar refractivity (Wildman–Crippen MR) is 121 cm³/mol. The van der Waals surface area contributed by atoms with Crippen LogP contribution in [0.15, 0.2) is 30.7 Å². The van der Waals surface area contributed by atoms with Gasteiger partial charge < -0.3 is 15.5 Å². The van der Waals surface area contributed by atoms with Gasteiger partial charge in [-0.15, -0.1) is 0 Å². The Labute approximate surface area is 196 Å². The summed E-state index contributed by atoms with van der Waals surface area (Å²) in [6, 6.07) is 3.20. The molecule has 11 heteroatoms. The molecule has 0 saturated carbocycles. The van der Waals surface area contributed by atoms with Crippen LogP contribution >= 0.6 is 0 Å². The van der Waals surface area contributed by atoms with Crippen molar-refractivity contribution in [1.29, 1.82) is 0 Å². The standard InChI is InChI=1S/C23H27N7O4/c24-21(32)18-3-7-26-23(27-18)28-9-4-15(5-10-28)22(33)30-19(6-11-34-30)16-12-17(14-25-13-16)29-8-1-2-20(29)31/h3,7,12-15,19H,1-2,4-6,8-11H2,(H2,24,32)/t19-/m0/s1. The van der Waals surface area contributed by atoms with E-state index in [0.29, 0.717) is 57.9 Å². The van der Waals surface area contributed by atoms with E-state index in [9.17, 15) is 14.4 Å². The second-order valence-corrected chi connectivity index (χ2v) is 8.79. The normalized spacial score (nSPS) is 21.4. The number of primary amides is 1. The number of pyridine rings is 1. The first kappa shape index (κ1) is 22.2. The maximum absolute atomic E-state index is 13.4. The Kier molecular flexibility index (Phi) is 6.10. The van der Waals surface area contributed by atoms with Gasteiger partial charge in [0.15, 0.2) is 0 Å². The monoisotopic (exact) mass is 465 g/mol. The highest BCUT2D eigenvalue weighted by Crippen LogP contribution is 2.35. The first-order valence-electron chi connectivity index (χ1n) is 11.6. The number of hydrogen-bond acceptors (Lipinski definition) is 8. The first-order valence-corrected chi connectivity index (χ1v) is 11.6. The van der Waals surface area contributed by atoms with Crippen molar-refractivity contribution in [3.8, 4) is 0 Å². The fourth-order valence-corrected chi connectivity index (χ4v) is 4.83. The van der Waals surface area contributed by atoms with E-state index < -0.39 is 5.91 Å². The van der Waals surface area contributed by atoms with Crippen LogP contribution in [-0.2, 0) is 14.4 Å². The molecule has 5 heterocycles. The van der Waals surface area contributed by atoms with Crippen molar-refractivity contribution < 1.29 is 19.2 Å². The molecule has 3 aliphatic heterocycles. The molecule has 0 radical (unpaired) electrons. The number of hydroxylamine groups is 2. The van der Waals surface area contributed by atoms with E-state index in [-0.39, 0.29) is 29.5 Å². The number of piperidine rings is 1. The van der Waals surface area contributed by atoms with Crippen molar-refractivity contribution in [3.05, 3.63) is 42.0 Å². The number of amides is 3. The van der Waals surface area contributed by atoms with Gasteiger partial charge >= 0.3 is 0 Å². The van der Waals surface area contributed by atoms with Crippen LogP contribution in [0.2, 0.25) is 0 Å². The van der Waals surface area contributed by atoms with Gasteiger partial charge in [-0.3, -0.25) is 24.2 Å². The van der Waals surface area contributed by atoms with Crippen LogP contribution in [0, 0.1) is 5.92 Å². The Morgan fingerprint density at radius 1 is 1.12 bits per heavy atom. The molecule has 1 atom stereocenters. The Bertz CT molecular complexity index is 1100. The van der Waals surface area contributed by atoms with E-state index in [1.165, 1.54) is 17.3 Å². The van der Waals surface area contributed by atoms with Crippen LogP contribution in [0.4, 0.5) is 11.6 Å². The van der Waals surface area contributed by atoms with Gasteiger partial charge in [0.05, 0.1) is 24.5 Å². The van der Waals surface area contributed by atoms with E-state index in [2.05, 4.69) is 15.0 Å². The van der Waals surface area contributed by atoms with Crippen LogP contribution in [0.1, 0.15) is 54.2 Å². The van der Waals surface area contributed by atoms with E-state index in [1.807, 2.05) is 11.0 Å². The molecule has 0 unspecified atom stereocenters. The molecule has 2 N–H and O–H groups in total. The summed E-state index contributed by atoms with van der Waals surface area (Å²) in [5.74, 6) is -0.286. The summed E-state index contributed by atoms with van der Waals surface area (Å²) >= 11 is 0. The van der Waals surface area contributed by atoms with Crippen LogP contribution in [0.3, 0.4) is 0 Å². The molecule has 2 aromatic rings. The number of aromatic nitrogens is 3. The fraction of sp³-hybridized carbons (Fsp3) is 0.478. The zero-order chi connectivity index (χ0) is 23.7. The maximum Gasteiger partial charge on any atom is 0.267 e. The SMILES string of the molecule is NC(=O)c1ccnc(N2CCC(C(=O)N3OCC[C@H]3c3cncc(N4CCCC4=O)c3)CC2)n1. The summed E-state index contributed by atoms with van der Waals surface area (Å²) in [7, 11) is 0. The van der Waals surface area contributed by atoms with Gasteiger partial charge in [0, 0.05) is 50.8 Å². The summed E-state index contributed by atoms with van der Waals surface area (Å²) in [5.41, 5.74) is 7.13. The van der Waals surface area contributed by atoms with Crippen molar-refractivity contribution in [1.82, 2.24) is 20.0 Å². The highest BCUT2D eigenvalue weighted by molar-refractivity contribution is 5.95. The number of nitrogens with zero attached hydrogens (tertiary/aromatic N) is 6. The quantitative estimate of drug-likeness (QED) is 0.696. The van der Waals surface area contributed by atoms with Gasteiger partial charge in [0.2, 0.25) is 17.8 Å². The van der Waals surface area contributed by atoms with Crippen molar-refractivity contribution in [2.75, 3.05) is 36.0 Å². The van der Waals surface area contributed by atoms with Crippen molar-refractivity contribution in [2.45, 2.75) is 38.1 Å². The molecule has 2 aromatic heterocycles. The third-order valence-corrected chi connectivity index (χ3v) is 6.66. The molecule has 3 saturated heterocycles. The van der Waals surface area contributed by atoms with Gasteiger partial charge in [-0.2, -0.15) is 0 Å². The molecule has 0 aromatic carbocycles. The lowest BCUT2D eigenvalue weighted by molar-refractivity contribution is -0.182. The minimum Gasteiger partial charge on any atom is -0.364 e. The van der Waals surface area contributed by atoms with Crippen LogP contribution in [0.5, 0.6) is 0 Å². The predicted octanol–water partition coefficient (Wildman–Crippen LogP) is 1.22. The molecule has 0 spiro atoms. The van der Waals surface area contributed by atoms with Gasteiger partial charge in [0.1, 0.15) is 5.69 Å². The lowest BCUT2D eigenvalue weighted by Gasteiger charge is -2.34. The smallest absolute Gasteiger partial charge is 0.267 e. The zero-order valence-electron chi connectivity index (χ0n) is 18.8. The number of nitrogens with two attached hydrogens (primary N) is 1. The molecule has 3 aliphatic rings. The molecule has 0 bridgehead atoms. The van der Waals surface area contributed by atoms with Crippen molar-refractivity contribution in [2.24, 2.45) is 11.7 Å². The van der Waals surface area contributed by atoms with E-state index >= 15 is 0 Å². The molecular formula is C23H27N7O4. The number of carbonyl (C=O) groups excluding carboxylic acids is 3. The average molecular weight is 466 g/mol. The summed E-state index contributed by atoms with van der Waals surface area (Å²) in [6.45, 7) is 2.32. The summed E-state index contributed by atoms with van der Waals surface area (Å²) < 4.78 is 0. The highest BCUT2D eigenvalue weighted by Gasteiger charge is 2.38. The number of anilines is 2. The average Bonchev–Trinajstić information content (AvgIpc) is 3.53. The second-order valence-electron chi connectivity index (χ2n) is 8.79. The molecule has 5 rings (SSSR count). The Hall–Kier alpha value is -3.60. The first-order chi connectivity index (χ1) is 16.5. The Morgan fingerprint density at radius 2 is 1.94 bits per heavy atom. The highest BCUT2D eigenvalue weighted by atomic mass is 16.7. The van der Waals surface area contributed by atoms with Crippen LogP contribution < -0.4 is 15.5 Å². The van der Waals surface area contributed by atoms with E-state index in [4.69, 9.17) is 10.6 Å². The zero-order valence-corrected chi connectivity index (χ0v) is 18.8. The van der Waals surface area contributed by atoms with Gasteiger partial charge in [0.25, 0.3) is 5.91 Å². The molecule has 3 amide bonds. The minimum atomic E-state index is -0.599. The largest absolute Gasteiger partial charge is 0.364 e. The Balaban J connectivity index is 1.25. The number of carbonyl (C=O) groups is 3. The van der Waals surface area contributed by atoms with Crippen molar-refractivity contribution >= 4 is 29.4 Å². The number of hydrogen-bond donors (Lipinski definition) is 1. The van der Waals surface area contributed by atoms with Gasteiger partial charge in [-0.05, 0) is 37.0 Å². The van der Waals surface area contributed by atoms with Gasteiger partial charge in [-0.1, -0.05) is 0 Å². The molecule has 11 nitrogen and oxygen atoms in total. The maximum atomic E-state index is 13.4. The third-order valence-electron chi connectivity index (χ3n) is 6.66. The molecule has 178 valence electrons. The Morgan fingerprint density at radius 3 is 2.68 bits per heavy atom. The fourth-order valence-electron chi connectivity index (χ4n) is 4.83. The summed E-state index contributed by atoms with van der Waals surface area (Å²) in [6.07, 6.45) is 8.27. The van der Waals surface area contributed by atoms with Gasteiger partial charge in [-0.25, -0.2) is 15.0 Å². The van der Waals surface area contributed by atoms with E-state index in [1.54, 1.807) is 17.3 Å². The molecule has 0 aliphatic carbocycles.